The van der Waals surface area contributed by atoms with E-state index in [-0.39, 0.29) is 5.91 Å². The molecule has 1 heterocycles. The fourth-order valence-corrected chi connectivity index (χ4v) is 1.83. The molecule has 0 aliphatic rings. The summed E-state index contributed by atoms with van der Waals surface area (Å²) < 4.78 is 3.51. The van der Waals surface area contributed by atoms with E-state index in [0.717, 1.165) is 0 Å². The Hall–Kier alpha value is -1.81. The minimum atomic E-state index is -0.187. The molecule has 1 N–H and O–H groups in total. The van der Waals surface area contributed by atoms with Crippen LogP contribution < -0.4 is 9.88 Å². The highest BCUT2D eigenvalue weighted by molar-refractivity contribution is 6.33. The number of nitrogens with zero attached hydrogens (tertiary/aromatic N) is 2. The summed E-state index contributed by atoms with van der Waals surface area (Å²) in [5.74, 6) is 0.373. The summed E-state index contributed by atoms with van der Waals surface area (Å²) >= 11 is 5.98. The number of hydrogen-bond acceptors (Lipinski definition) is 1. The normalized spacial score (nSPS) is 10.3. The number of aromatic nitrogens is 2. The third-order valence-corrected chi connectivity index (χ3v) is 2.84. The first-order valence-electron chi connectivity index (χ1n) is 5.16. The van der Waals surface area contributed by atoms with Crippen molar-refractivity contribution in [2.24, 2.45) is 14.1 Å². The van der Waals surface area contributed by atoms with Crippen molar-refractivity contribution < 1.29 is 9.36 Å². The molecular formula is C12H13ClN3O+. The van der Waals surface area contributed by atoms with Crippen LogP contribution in [0.2, 0.25) is 5.02 Å². The van der Waals surface area contributed by atoms with E-state index in [9.17, 15) is 4.79 Å². The molecule has 0 bridgehead atoms. The lowest BCUT2D eigenvalue weighted by Gasteiger charge is -2.04. The quantitative estimate of drug-likeness (QED) is 0.811. The molecule has 5 heteroatoms. The Morgan fingerprint density at radius 2 is 2.12 bits per heavy atom. The Labute approximate surface area is 104 Å². The maximum Gasteiger partial charge on any atom is 0.347 e. The van der Waals surface area contributed by atoms with Crippen molar-refractivity contribution in [1.29, 1.82) is 0 Å². The van der Waals surface area contributed by atoms with Gasteiger partial charge in [0.05, 0.1) is 24.8 Å². The predicted octanol–water partition coefficient (Wildman–Crippen LogP) is 1.76. The molecule has 2 aromatic rings. The summed E-state index contributed by atoms with van der Waals surface area (Å²) in [4.78, 5) is 12.1. The summed E-state index contributed by atoms with van der Waals surface area (Å²) in [6.07, 6.45) is 3.64. The molecule has 17 heavy (non-hydrogen) atoms. The van der Waals surface area contributed by atoms with E-state index in [4.69, 9.17) is 11.6 Å². The molecule has 88 valence electrons. The van der Waals surface area contributed by atoms with Crippen LogP contribution in [-0.2, 0) is 14.1 Å². The molecule has 0 saturated carbocycles. The Kier molecular flexibility index (Phi) is 3.15. The van der Waals surface area contributed by atoms with E-state index >= 15 is 0 Å². The Balaban J connectivity index is 2.27. The zero-order valence-corrected chi connectivity index (χ0v) is 10.4. The van der Waals surface area contributed by atoms with E-state index in [1.807, 2.05) is 38.6 Å². The van der Waals surface area contributed by atoms with Gasteiger partial charge in [-0.25, -0.2) is 9.13 Å². The van der Waals surface area contributed by atoms with Gasteiger partial charge in [0.25, 0.3) is 0 Å². The average molecular weight is 251 g/mol. The van der Waals surface area contributed by atoms with Crippen LogP contribution in [0.15, 0.2) is 36.7 Å². The summed E-state index contributed by atoms with van der Waals surface area (Å²) in [7, 11) is 3.64. The third kappa shape index (κ3) is 2.31. The van der Waals surface area contributed by atoms with Crippen molar-refractivity contribution in [2.45, 2.75) is 0 Å². The maximum absolute atomic E-state index is 12.1. The van der Waals surface area contributed by atoms with Crippen molar-refractivity contribution in [3.63, 3.8) is 0 Å². The van der Waals surface area contributed by atoms with Crippen LogP contribution in [0.1, 0.15) is 10.6 Å². The third-order valence-electron chi connectivity index (χ3n) is 2.51. The van der Waals surface area contributed by atoms with Crippen LogP contribution in [0.4, 0.5) is 5.69 Å². The number of amides is 1. The first-order valence-corrected chi connectivity index (χ1v) is 5.54. The number of rotatable bonds is 2. The van der Waals surface area contributed by atoms with Gasteiger partial charge in [0.1, 0.15) is 12.4 Å². The lowest BCUT2D eigenvalue weighted by atomic mass is 10.3. The van der Waals surface area contributed by atoms with Gasteiger partial charge >= 0.3 is 11.7 Å². The van der Waals surface area contributed by atoms with Crippen LogP contribution in [-0.4, -0.2) is 10.5 Å². The van der Waals surface area contributed by atoms with E-state index in [0.29, 0.717) is 16.5 Å². The monoisotopic (exact) mass is 250 g/mol. The number of carbonyl (C=O) groups is 1. The minimum Gasteiger partial charge on any atom is -0.314 e. The highest BCUT2D eigenvalue weighted by Crippen LogP contribution is 2.20. The largest absolute Gasteiger partial charge is 0.347 e. The van der Waals surface area contributed by atoms with Gasteiger partial charge in [0.15, 0.2) is 0 Å². The fraction of sp³-hybridized carbons (Fsp3) is 0.167. The van der Waals surface area contributed by atoms with Crippen molar-refractivity contribution >= 4 is 23.2 Å². The van der Waals surface area contributed by atoms with E-state index in [1.165, 1.54) is 0 Å². The molecule has 1 amide bonds. The van der Waals surface area contributed by atoms with Crippen LogP contribution in [0.5, 0.6) is 0 Å². The first kappa shape index (κ1) is 11.7. The van der Waals surface area contributed by atoms with Gasteiger partial charge in [-0.3, -0.25) is 4.79 Å². The molecule has 0 aliphatic heterocycles. The number of hydrogen-bond donors (Lipinski definition) is 1. The van der Waals surface area contributed by atoms with Crippen molar-refractivity contribution in [1.82, 2.24) is 4.57 Å². The maximum atomic E-state index is 12.1. The Morgan fingerprint density at radius 1 is 1.41 bits per heavy atom. The second-order valence-corrected chi connectivity index (χ2v) is 4.18. The van der Waals surface area contributed by atoms with Gasteiger partial charge in [0, 0.05) is 0 Å². The van der Waals surface area contributed by atoms with Crippen LogP contribution >= 0.6 is 11.6 Å². The molecule has 0 unspecified atom stereocenters. The van der Waals surface area contributed by atoms with Crippen molar-refractivity contribution in [2.75, 3.05) is 5.32 Å². The number of anilines is 1. The van der Waals surface area contributed by atoms with Gasteiger partial charge in [-0.1, -0.05) is 23.7 Å². The predicted molar refractivity (Wildman–Crippen MR) is 66.0 cm³/mol. The summed E-state index contributed by atoms with van der Waals surface area (Å²) in [6.45, 7) is 0. The van der Waals surface area contributed by atoms with Gasteiger partial charge in [0.2, 0.25) is 0 Å². The van der Waals surface area contributed by atoms with Crippen LogP contribution in [0.25, 0.3) is 0 Å². The molecule has 2 rings (SSSR count). The number of aryl methyl sites for hydroxylation is 2. The molecule has 0 spiro atoms. The SMILES string of the molecule is Cn1cc[n+](C)c1C(=O)Nc1ccccc1Cl. The molecule has 0 aliphatic carbocycles. The Bertz CT molecular complexity index is 543. The number of nitrogens with one attached hydrogen (secondary N) is 1. The molecule has 4 nitrogen and oxygen atoms in total. The summed E-state index contributed by atoms with van der Waals surface area (Å²) in [5, 5.41) is 3.31. The molecule has 1 aromatic heterocycles. The minimum absolute atomic E-state index is 0.187. The van der Waals surface area contributed by atoms with Crippen molar-refractivity contribution in [3.8, 4) is 0 Å². The average Bonchev–Trinajstić information content (AvgIpc) is 2.62. The van der Waals surface area contributed by atoms with E-state index < -0.39 is 0 Å². The molecule has 0 fully saturated rings. The Morgan fingerprint density at radius 3 is 2.71 bits per heavy atom. The number of benzene rings is 1. The molecule has 0 saturated heterocycles. The summed E-state index contributed by atoms with van der Waals surface area (Å²) in [5.41, 5.74) is 0.611. The smallest absolute Gasteiger partial charge is 0.314 e. The second-order valence-electron chi connectivity index (χ2n) is 3.78. The lowest BCUT2D eigenvalue weighted by molar-refractivity contribution is -0.672. The van der Waals surface area contributed by atoms with Crippen LogP contribution in [0.3, 0.4) is 0 Å². The molecule has 0 atom stereocenters. The zero-order chi connectivity index (χ0) is 12.4. The number of para-hydroxylation sites is 1. The molecule has 0 radical (unpaired) electrons. The van der Waals surface area contributed by atoms with E-state index in [1.54, 1.807) is 21.3 Å². The highest BCUT2D eigenvalue weighted by Gasteiger charge is 2.21. The lowest BCUT2D eigenvalue weighted by Crippen LogP contribution is -2.37. The van der Waals surface area contributed by atoms with Gasteiger partial charge in [-0.2, -0.15) is 0 Å². The first-order chi connectivity index (χ1) is 8.09. The van der Waals surface area contributed by atoms with Crippen molar-refractivity contribution in [3.05, 3.63) is 47.5 Å². The number of imidazole rings is 1. The standard InChI is InChI=1S/C12H12ClN3O/c1-15-7-8-16(2)12(15)11(17)14-10-6-4-3-5-9(10)13/h3-8H,1-2H3/p+1. The topological polar surface area (TPSA) is 37.9 Å². The fourth-order valence-electron chi connectivity index (χ4n) is 1.65. The number of carbonyl (C=O) groups excluding carboxylic acids is 1. The van der Waals surface area contributed by atoms with Crippen LogP contribution in [0, 0.1) is 0 Å². The van der Waals surface area contributed by atoms with Gasteiger partial charge in [-0.05, 0) is 12.1 Å². The molecular weight excluding hydrogens is 238 g/mol. The second kappa shape index (κ2) is 4.59. The van der Waals surface area contributed by atoms with Gasteiger partial charge < -0.3 is 5.32 Å². The van der Waals surface area contributed by atoms with E-state index in [2.05, 4.69) is 5.32 Å². The zero-order valence-electron chi connectivity index (χ0n) is 9.64. The highest BCUT2D eigenvalue weighted by atomic mass is 35.5. The molecule has 1 aromatic carbocycles. The van der Waals surface area contributed by atoms with Gasteiger partial charge in [-0.15, -0.1) is 0 Å². The summed E-state index contributed by atoms with van der Waals surface area (Å²) in [6, 6.07) is 7.15. The number of halogens is 1.